The van der Waals surface area contributed by atoms with Crippen LogP contribution in [0.25, 0.3) is 0 Å². The molecule has 0 fully saturated rings. The normalized spacial score (nSPS) is 11.9. The first-order chi connectivity index (χ1) is 22.8. The first kappa shape index (κ1) is 36.4. The van der Waals surface area contributed by atoms with E-state index in [1.807, 2.05) is 42.5 Å². The number of nitrogens with zero attached hydrogens (tertiary/aromatic N) is 1. The Hall–Kier alpha value is -5.05. The van der Waals surface area contributed by atoms with E-state index in [4.69, 9.17) is 25.2 Å². The quantitative estimate of drug-likeness (QED) is 0.0652. The van der Waals surface area contributed by atoms with Crippen LogP contribution in [0.1, 0.15) is 46.7 Å². The number of nitrogens with two attached hydrogens (primary N) is 1. The van der Waals surface area contributed by atoms with E-state index in [0.717, 1.165) is 27.8 Å². The Morgan fingerprint density at radius 3 is 1.47 bits per heavy atom. The number of benzene rings is 3. The van der Waals surface area contributed by atoms with Gasteiger partial charge in [-0.1, -0.05) is 84.9 Å². The molecule has 0 spiro atoms. The predicted octanol–water partition coefficient (Wildman–Crippen LogP) is 4.37. The van der Waals surface area contributed by atoms with E-state index in [-0.39, 0.29) is 52.5 Å². The van der Waals surface area contributed by atoms with Gasteiger partial charge in [0, 0.05) is 32.7 Å². The number of rotatable bonds is 18. The van der Waals surface area contributed by atoms with Crippen LogP contribution in [0.4, 0.5) is 14.4 Å². The Bertz CT molecular complexity index is 1470. The Labute approximate surface area is 273 Å². The van der Waals surface area contributed by atoms with Gasteiger partial charge in [0.1, 0.15) is 26.4 Å². The van der Waals surface area contributed by atoms with Crippen LogP contribution in [0.2, 0.25) is 0 Å². The van der Waals surface area contributed by atoms with Crippen molar-refractivity contribution in [2.45, 2.75) is 52.6 Å². The van der Waals surface area contributed by atoms with Gasteiger partial charge in [0.15, 0.2) is 0 Å². The van der Waals surface area contributed by atoms with E-state index >= 15 is 0 Å². The van der Waals surface area contributed by atoms with E-state index in [0.29, 0.717) is 18.5 Å². The summed E-state index contributed by atoms with van der Waals surface area (Å²) in [5, 5.41) is 19.8. The van der Waals surface area contributed by atoms with Crippen molar-refractivity contribution in [3.05, 3.63) is 111 Å². The third-order valence-electron chi connectivity index (χ3n) is 7.33. The van der Waals surface area contributed by atoms with Crippen molar-refractivity contribution in [2.24, 2.45) is 16.3 Å². The topological polar surface area (TPSA) is 203 Å². The fourth-order valence-corrected chi connectivity index (χ4v) is 4.48. The Morgan fingerprint density at radius 1 is 0.681 bits per heavy atom. The number of carbonyl (C=O) groups excluding carboxylic acids is 3. The highest BCUT2D eigenvalue weighted by molar-refractivity contribution is 5.68. The van der Waals surface area contributed by atoms with Gasteiger partial charge < -0.3 is 41.1 Å². The first-order valence-corrected chi connectivity index (χ1v) is 15.1. The van der Waals surface area contributed by atoms with Gasteiger partial charge in [-0.3, -0.25) is 0 Å². The van der Waals surface area contributed by atoms with Crippen molar-refractivity contribution in [3.63, 3.8) is 0 Å². The van der Waals surface area contributed by atoms with Crippen molar-refractivity contribution in [1.29, 1.82) is 0 Å². The summed E-state index contributed by atoms with van der Waals surface area (Å²) >= 11 is 0. The van der Waals surface area contributed by atoms with E-state index in [1.165, 1.54) is 0 Å². The number of hydrogen-bond donors (Lipinski definition) is 6. The molecule has 14 heteroatoms. The highest BCUT2D eigenvalue weighted by atomic mass is 16.6. The monoisotopic (exact) mass is 650 g/mol. The van der Waals surface area contributed by atoms with Crippen molar-refractivity contribution in [3.8, 4) is 0 Å². The van der Waals surface area contributed by atoms with Gasteiger partial charge in [0.05, 0.1) is 5.41 Å². The van der Waals surface area contributed by atoms with Gasteiger partial charge in [-0.2, -0.15) is 4.91 Å². The lowest BCUT2D eigenvalue weighted by Crippen LogP contribution is -2.42. The number of ether oxygens (including phenoxy) is 3. The number of alkyl carbamates (subject to hydrolysis) is 3. The molecule has 3 amide bonds. The Morgan fingerprint density at radius 2 is 1.06 bits per heavy atom. The van der Waals surface area contributed by atoms with Crippen LogP contribution in [0, 0.1) is 10.3 Å². The lowest BCUT2D eigenvalue weighted by Gasteiger charge is -2.31. The summed E-state index contributed by atoms with van der Waals surface area (Å²) in [7, 11) is 0. The summed E-state index contributed by atoms with van der Waals surface area (Å²) < 4.78 is 16.5. The number of nitroso groups, excluding NO2 is 1. The zero-order valence-electron chi connectivity index (χ0n) is 26.3. The molecular weight excluding hydrogens is 608 g/mol. The number of hydrogen-bond acceptors (Lipinski definition) is 11. The number of hydroxylamine groups is 1. The number of amides is 3. The average molecular weight is 651 g/mol. The summed E-state index contributed by atoms with van der Waals surface area (Å²) in [6.45, 7) is 2.32. The zero-order chi connectivity index (χ0) is 33.9. The molecule has 1 unspecified atom stereocenters. The molecule has 3 aromatic carbocycles. The van der Waals surface area contributed by atoms with Gasteiger partial charge in [0.25, 0.3) is 0 Å². The molecule has 0 saturated heterocycles. The van der Waals surface area contributed by atoms with Crippen LogP contribution in [0.15, 0.2) is 78.0 Å². The largest absolute Gasteiger partial charge is 0.449 e. The summed E-state index contributed by atoms with van der Waals surface area (Å²) in [5.74, 6) is 0. The molecule has 0 heterocycles. The lowest BCUT2D eigenvalue weighted by molar-refractivity contribution is -0.0177. The molecule has 0 aromatic heterocycles. The van der Waals surface area contributed by atoms with Gasteiger partial charge in [0.2, 0.25) is 0 Å². The minimum Gasteiger partial charge on any atom is -0.449 e. The molecule has 47 heavy (non-hydrogen) atoms. The van der Waals surface area contributed by atoms with E-state index in [1.54, 1.807) is 37.3 Å². The van der Waals surface area contributed by atoms with Crippen LogP contribution < -0.4 is 27.2 Å². The molecule has 3 rings (SSSR count). The van der Waals surface area contributed by atoms with Crippen LogP contribution in [-0.4, -0.2) is 43.3 Å². The molecule has 252 valence electrons. The van der Waals surface area contributed by atoms with Gasteiger partial charge in [-0.05, 0) is 39.8 Å². The highest BCUT2D eigenvalue weighted by Crippen LogP contribution is 2.24. The van der Waals surface area contributed by atoms with E-state index in [2.05, 4.69) is 26.6 Å². The second-order valence-corrected chi connectivity index (χ2v) is 10.9. The van der Waals surface area contributed by atoms with Crippen molar-refractivity contribution < 1.29 is 33.8 Å². The van der Waals surface area contributed by atoms with Crippen LogP contribution in [0.5, 0.6) is 0 Å². The lowest BCUT2D eigenvalue weighted by atomic mass is 9.88. The number of carbonyl (C=O) groups is 3. The molecule has 0 aliphatic heterocycles. The molecule has 0 radical (unpaired) electrons. The molecule has 3 aromatic rings. The summed E-state index contributed by atoms with van der Waals surface area (Å²) in [5.41, 5.74) is 11.6. The average Bonchev–Trinajstić information content (AvgIpc) is 3.09. The first-order valence-electron chi connectivity index (χ1n) is 15.1. The Balaban J connectivity index is 1.59. The standard InChI is InChI=1S/C33H42N6O8/c1-2-33(21-45-30(40)35-16-25-7-3-6-24(12-25)15-34,22-46-31(41)36-17-26-8-4-10-28(13-26)19-38-43)23-47-32(42)37-18-27-9-5-11-29(14-27)20-39-44/h3-14,38,43H,2,15-23,34H2,1H3,(H,35,40)(H,36,41)(H,37,42). The van der Waals surface area contributed by atoms with E-state index < -0.39 is 23.7 Å². The second kappa shape index (κ2) is 19.5. The van der Waals surface area contributed by atoms with Crippen molar-refractivity contribution in [2.75, 3.05) is 19.8 Å². The smallest absolute Gasteiger partial charge is 0.407 e. The molecule has 0 aliphatic carbocycles. The molecule has 7 N–H and O–H groups in total. The zero-order valence-corrected chi connectivity index (χ0v) is 26.3. The maximum atomic E-state index is 12.6. The fraction of sp³-hybridized carbons (Fsp3) is 0.364. The second-order valence-electron chi connectivity index (χ2n) is 10.9. The Kier molecular flexibility index (Phi) is 15.1. The summed E-state index contributed by atoms with van der Waals surface area (Å²) in [6, 6.07) is 21.8. The van der Waals surface area contributed by atoms with Gasteiger partial charge >= 0.3 is 18.3 Å². The van der Waals surface area contributed by atoms with E-state index in [9.17, 15) is 19.3 Å². The van der Waals surface area contributed by atoms with Gasteiger partial charge in [-0.25, -0.2) is 19.9 Å². The van der Waals surface area contributed by atoms with Crippen LogP contribution in [-0.2, 0) is 53.5 Å². The fourth-order valence-electron chi connectivity index (χ4n) is 4.48. The van der Waals surface area contributed by atoms with Crippen molar-refractivity contribution >= 4 is 18.3 Å². The predicted molar refractivity (Wildman–Crippen MR) is 173 cm³/mol. The van der Waals surface area contributed by atoms with Gasteiger partial charge in [-0.15, -0.1) is 0 Å². The summed E-state index contributed by atoms with van der Waals surface area (Å²) in [4.78, 5) is 48.5. The third kappa shape index (κ3) is 13.1. The maximum Gasteiger partial charge on any atom is 0.407 e. The third-order valence-corrected chi connectivity index (χ3v) is 7.33. The minimum absolute atomic E-state index is 0.0200. The van der Waals surface area contributed by atoms with Crippen LogP contribution in [0.3, 0.4) is 0 Å². The highest BCUT2D eigenvalue weighted by Gasteiger charge is 2.34. The minimum atomic E-state index is -1.06. The van der Waals surface area contributed by atoms with Crippen molar-refractivity contribution in [1.82, 2.24) is 21.4 Å². The molecular formula is C33H42N6O8. The summed E-state index contributed by atoms with van der Waals surface area (Å²) in [6.07, 6.45) is -1.81. The SMILES string of the molecule is CCC(COC(=O)NCc1cccc(CN)c1)(COC(=O)NCc1cccc(CN=O)c1)COC(=O)NCc1cccc(CNO)c1. The molecule has 0 aliphatic rings. The molecule has 1 atom stereocenters. The maximum absolute atomic E-state index is 12.6. The van der Waals surface area contributed by atoms with Crippen LogP contribution >= 0.6 is 0 Å². The molecule has 14 nitrogen and oxygen atoms in total. The number of nitrogens with one attached hydrogen (secondary N) is 4. The molecule has 0 saturated carbocycles. The molecule has 0 bridgehead atoms.